The Bertz CT molecular complexity index is 600. The van der Waals surface area contributed by atoms with Gasteiger partial charge in [0.15, 0.2) is 11.5 Å². The number of amides is 1. The van der Waals surface area contributed by atoms with Crippen LogP contribution in [0.4, 0.5) is 0 Å². The zero-order valence-corrected chi connectivity index (χ0v) is 11.3. The Morgan fingerprint density at radius 1 is 1.38 bits per heavy atom. The average Bonchev–Trinajstić information content (AvgIpc) is 2.96. The van der Waals surface area contributed by atoms with Crippen LogP contribution in [0.25, 0.3) is 0 Å². The number of hydrogen-bond donors (Lipinski definition) is 4. The van der Waals surface area contributed by atoms with Crippen LogP contribution in [0.1, 0.15) is 5.56 Å². The lowest BCUT2D eigenvalue weighted by atomic mass is 10.1. The maximum atomic E-state index is 11.8. The predicted octanol–water partition coefficient (Wildman–Crippen LogP) is -0.625. The second-order valence-electron chi connectivity index (χ2n) is 4.59. The highest BCUT2D eigenvalue weighted by molar-refractivity contribution is 5.81. The van der Waals surface area contributed by atoms with Crippen LogP contribution in [-0.2, 0) is 17.8 Å². The average molecular weight is 291 g/mol. The minimum atomic E-state index is -0.732. The molecule has 0 radical (unpaired) electrons. The van der Waals surface area contributed by atoms with E-state index >= 15 is 0 Å². The second-order valence-corrected chi connectivity index (χ2v) is 4.59. The first-order chi connectivity index (χ1) is 10.1. The Morgan fingerprint density at radius 3 is 2.86 bits per heavy atom. The number of nitrogens with one attached hydrogen (secondary N) is 1. The summed E-state index contributed by atoms with van der Waals surface area (Å²) in [5, 5.41) is 28.7. The van der Waals surface area contributed by atoms with E-state index in [0.717, 1.165) is 0 Å². The first-order valence-electron chi connectivity index (χ1n) is 6.44. The number of phenolic OH excluding ortho intramolecular Hbond substituents is 2. The van der Waals surface area contributed by atoms with E-state index in [4.69, 9.17) is 5.73 Å². The summed E-state index contributed by atoms with van der Waals surface area (Å²) in [4.78, 5) is 11.8. The summed E-state index contributed by atoms with van der Waals surface area (Å²) in [5.74, 6) is -0.724. The van der Waals surface area contributed by atoms with Gasteiger partial charge in [0.1, 0.15) is 0 Å². The third kappa shape index (κ3) is 4.18. The summed E-state index contributed by atoms with van der Waals surface area (Å²) < 4.78 is 1.60. The van der Waals surface area contributed by atoms with E-state index < -0.39 is 6.04 Å². The van der Waals surface area contributed by atoms with Crippen molar-refractivity contribution in [1.82, 2.24) is 20.3 Å². The molecule has 0 aliphatic heterocycles. The highest BCUT2D eigenvalue weighted by atomic mass is 16.3. The van der Waals surface area contributed by atoms with Crippen LogP contribution in [0, 0.1) is 0 Å². The fraction of sp³-hybridized carbons (Fsp3) is 0.308. The number of rotatable bonds is 6. The molecule has 0 fully saturated rings. The molecule has 0 aliphatic carbocycles. The van der Waals surface area contributed by atoms with Gasteiger partial charge in [-0.3, -0.25) is 9.48 Å². The molecular weight excluding hydrogens is 274 g/mol. The SMILES string of the molecule is N[C@@H](Cc1ccc(O)c(O)c1)C(=O)NCCn1ccnn1. The van der Waals surface area contributed by atoms with Gasteiger partial charge in [-0.25, -0.2) is 0 Å². The lowest BCUT2D eigenvalue weighted by Gasteiger charge is -2.12. The van der Waals surface area contributed by atoms with Gasteiger partial charge >= 0.3 is 0 Å². The maximum Gasteiger partial charge on any atom is 0.237 e. The molecule has 0 saturated heterocycles. The van der Waals surface area contributed by atoms with Crippen LogP contribution in [0.15, 0.2) is 30.6 Å². The van der Waals surface area contributed by atoms with Crippen molar-refractivity contribution < 1.29 is 15.0 Å². The molecule has 2 rings (SSSR count). The van der Waals surface area contributed by atoms with E-state index in [-0.39, 0.29) is 23.8 Å². The van der Waals surface area contributed by atoms with Crippen LogP contribution >= 0.6 is 0 Å². The van der Waals surface area contributed by atoms with Gasteiger partial charge in [-0.05, 0) is 24.1 Å². The monoisotopic (exact) mass is 291 g/mol. The number of carbonyl (C=O) groups is 1. The van der Waals surface area contributed by atoms with Crippen LogP contribution in [0.5, 0.6) is 11.5 Å². The van der Waals surface area contributed by atoms with Crippen molar-refractivity contribution in [3.05, 3.63) is 36.2 Å². The van der Waals surface area contributed by atoms with Crippen molar-refractivity contribution in [1.29, 1.82) is 0 Å². The molecule has 0 unspecified atom stereocenters. The number of benzene rings is 1. The number of phenols is 2. The first kappa shape index (κ1) is 14.8. The summed E-state index contributed by atoms with van der Waals surface area (Å²) in [5.41, 5.74) is 6.48. The number of hydrogen-bond acceptors (Lipinski definition) is 6. The second kappa shape index (κ2) is 6.71. The number of aromatic hydroxyl groups is 2. The molecule has 112 valence electrons. The Kier molecular flexibility index (Phi) is 4.72. The molecule has 0 aliphatic rings. The van der Waals surface area contributed by atoms with Crippen LogP contribution in [0.2, 0.25) is 0 Å². The molecule has 21 heavy (non-hydrogen) atoms. The number of carbonyl (C=O) groups excluding carboxylic acids is 1. The topological polar surface area (TPSA) is 126 Å². The quantitative estimate of drug-likeness (QED) is 0.525. The Hall–Kier alpha value is -2.61. The van der Waals surface area contributed by atoms with E-state index in [1.165, 1.54) is 12.1 Å². The van der Waals surface area contributed by atoms with Gasteiger partial charge in [-0.1, -0.05) is 11.3 Å². The first-order valence-corrected chi connectivity index (χ1v) is 6.44. The molecule has 1 aromatic heterocycles. The van der Waals surface area contributed by atoms with E-state index in [1.807, 2.05) is 0 Å². The summed E-state index contributed by atoms with van der Waals surface area (Å²) in [6.45, 7) is 0.912. The highest BCUT2D eigenvalue weighted by Crippen LogP contribution is 2.25. The van der Waals surface area contributed by atoms with Gasteiger partial charge in [0.25, 0.3) is 0 Å². The van der Waals surface area contributed by atoms with E-state index in [1.54, 1.807) is 23.1 Å². The summed E-state index contributed by atoms with van der Waals surface area (Å²) in [6.07, 6.45) is 3.53. The molecule has 0 saturated carbocycles. The number of aromatic nitrogens is 3. The van der Waals surface area contributed by atoms with Gasteiger partial charge in [-0.15, -0.1) is 5.10 Å². The highest BCUT2D eigenvalue weighted by Gasteiger charge is 2.14. The molecule has 2 aromatic rings. The van der Waals surface area contributed by atoms with E-state index in [2.05, 4.69) is 15.6 Å². The van der Waals surface area contributed by atoms with E-state index in [0.29, 0.717) is 18.7 Å². The molecule has 1 aromatic carbocycles. The van der Waals surface area contributed by atoms with Crippen molar-refractivity contribution in [2.24, 2.45) is 5.73 Å². The summed E-state index contributed by atoms with van der Waals surface area (Å²) >= 11 is 0. The maximum absolute atomic E-state index is 11.8. The standard InChI is InChI=1S/C13H17N5O3/c14-10(7-9-1-2-11(19)12(20)8-9)13(21)15-3-5-18-6-4-16-17-18/h1-2,4,6,8,10,19-20H,3,5,7,14H2,(H,15,21)/t10-/m0/s1. The molecule has 1 amide bonds. The molecular formula is C13H17N5O3. The largest absolute Gasteiger partial charge is 0.504 e. The smallest absolute Gasteiger partial charge is 0.237 e. The van der Waals surface area contributed by atoms with Crippen molar-refractivity contribution in [3.8, 4) is 11.5 Å². The Balaban J connectivity index is 1.80. The van der Waals surface area contributed by atoms with Crippen LogP contribution < -0.4 is 11.1 Å². The zero-order chi connectivity index (χ0) is 15.2. The van der Waals surface area contributed by atoms with Crippen molar-refractivity contribution >= 4 is 5.91 Å². The lowest BCUT2D eigenvalue weighted by Crippen LogP contribution is -2.43. The molecule has 8 nitrogen and oxygen atoms in total. The summed E-state index contributed by atoms with van der Waals surface area (Å²) in [6, 6.07) is 3.62. The molecule has 1 heterocycles. The van der Waals surface area contributed by atoms with Crippen LogP contribution in [-0.4, -0.2) is 43.7 Å². The molecule has 1 atom stereocenters. The van der Waals surface area contributed by atoms with Gasteiger partial charge in [0, 0.05) is 12.7 Å². The summed E-state index contributed by atoms with van der Waals surface area (Å²) in [7, 11) is 0. The van der Waals surface area contributed by atoms with Crippen LogP contribution in [0.3, 0.4) is 0 Å². The minimum Gasteiger partial charge on any atom is -0.504 e. The number of nitrogens with zero attached hydrogens (tertiary/aromatic N) is 3. The zero-order valence-electron chi connectivity index (χ0n) is 11.3. The Morgan fingerprint density at radius 2 is 2.19 bits per heavy atom. The van der Waals surface area contributed by atoms with Gasteiger partial charge in [0.2, 0.25) is 5.91 Å². The van der Waals surface area contributed by atoms with Gasteiger partial charge in [0.05, 0.1) is 18.8 Å². The molecule has 5 N–H and O–H groups in total. The fourth-order valence-electron chi connectivity index (χ4n) is 1.82. The molecule has 0 bridgehead atoms. The molecule has 0 spiro atoms. The van der Waals surface area contributed by atoms with Gasteiger partial charge in [-0.2, -0.15) is 0 Å². The third-order valence-corrected chi connectivity index (χ3v) is 2.94. The van der Waals surface area contributed by atoms with Crippen molar-refractivity contribution in [2.45, 2.75) is 19.0 Å². The molecule has 8 heteroatoms. The fourth-order valence-corrected chi connectivity index (χ4v) is 1.82. The van der Waals surface area contributed by atoms with Crippen molar-refractivity contribution in [2.75, 3.05) is 6.54 Å². The predicted molar refractivity (Wildman–Crippen MR) is 74.5 cm³/mol. The third-order valence-electron chi connectivity index (χ3n) is 2.94. The minimum absolute atomic E-state index is 0.204. The van der Waals surface area contributed by atoms with Gasteiger partial charge < -0.3 is 21.3 Å². The normalized spacial score (nSPS) is 12.0. The van der Waals surface area contributed by atoms with E-state index in [9.17, 15) is 15.0 Å². The van der Waals surface area contributed by atoms with Crippen molar-refractivity contribution in [3.63, 3.8) is 0 Å². The lowest BCUT2D eigenvalue weighted by molar-refractivity contribution is -0.122. The number of nitrogens with two attached hydrogens (primary N) is 1. The Labute approximate surface area is 121 Å².